The average Bonchev–Trinajstić information content (AvgIpc) is 2.74. The van der Waals surface area contributed by atoms with Crippen LogP contribution in [0.4, 0.5) is 5.69 Å². The summed E-state index contributed by atoms with van der Waals surface area (Å²) in [6, 6.07) is 8.02. The highest BCUT2D eigenvalue weighted by atomic mass is 16.6. The minimum Gasteiger partial charge on any atom is -0.493 e. The number of nitrogens with zero attached hydrogens (tertiary/aromatic N) is 3. The fourth-order valence-electron chi connectivity index (χ4n) is 3.54. The van der Waals surface area contributed by atoms with E-state index in [2.05, 4.69) is 0 Å². The Morgan fingerprint density at radius 2 is 2.00 bits per heavy atom. The number of rotatable bonds is 6. The fourth-order valence-corrected chi connectivity index (χ4v) is 3.54. The Morgan fingerprint density at radius 3 is 2.66 bits per heavy atom. The van der Waals surface area contributed by atoms with E-state index in [4.69, 9.17) is 14.5 Å². The quantitative estimate of drug-likeness (QED) is 0.545. The number of nitro benzene ring substituents is 1. The highest BCUT2D eigenvalue weighted by molar-refractivity contribution is 6.00. The van der Waals surface area contributed by atoms with Crippen LogP contribution in [0.1, 0.15) is 49.4 Å². The number of pyridine rings is 1. The summed E-state index contributed by atoms with van der Waals surface area (Å²) in [5.41, 5.74) is 0.0818. The van der Waals surface area contributed by atoms with E-state index in [9.17, 15) is 14.9 Å². The van der Waals surface area contributed by atoms with Crippen LogP contribution < -0.4 is 15.0 Å². The number of carbonyl (C=O) groups excluding carboxylic acids is 1. The molecule has 0 N–H and O–H groups in total. The van der Waals surface area contributed by atoms with Crippen molar-refractivity contribution in [3.8, 4) is 11.5 Å². The van der Waals surface area contributed by atoms with Gasteiger partial charge < -0.3 is 9.47 Å². The molecule has 0 atom stereocenters. The number of hydrogen-bond donors (Lipinski definition) is 0. The molecule has 1 aliphatic rings. The predicted molar refractivity (Wildman–Crippen MR) is 107 cm³/mol. The lowest BCUT2D eigenvalue weighted by atomic mass is 9.96. The van der Waals surface area contributed by atoms with Crippen molar-refractivity contribution in [3.63, 3.8) is 0 Å². The lowest BCUT2D eigenvalue weighted by Gasteiger charge is -2.18. The second-order valence-corrected chi connectivity index (χ2v) is 6.87. The van der Waals surface area contributed by atoms with Crippen molar-refractivity contribution >= 4 is 11.6 Å². The van der Waals surface area contributed by atoms with Crippen molar-refractivity contribution < 1.29 is 19.2 Å². The highest BCUT2D eigenvalue weighted by Crippen LogP contribution is 2.35. The van der Waals surface area contributed by atoms with Gasteiger partial charge in [0.2, 0.25) is 0 Å². The molecule has 8 nitrogen and oxygen atoms in total. The summed E-state index contributed by atoms with van der Waals surface area (Å²) >= 11 is 0. The maximum absolute atomic E-state index is 13.3. The van der Waals surface area contributed by atoms with Gasteiger partial charge in [0.15, 0.2) is 11.5 Å². The minimum absolute atomic E-state index is 0.0736. The van der Waals surface area contributed by atoms with Crippen molar-refractivity contribution in [2.75, 3.05) is 13.7 Å². The van der Waals surface area contributed by atoms with Gasteiger partial charge in [-0.05, 0) is 31.9 Å². The van der Waals surface area contributed by atoms with Crippen LogP contribution in [0.15, 0.2) is 41.5 Å². The lowest BCUT2D eigenvalue weighted by molar-refractivity contribution is -0.385. The third kappa shape index (κ3) is 4.64. The van der Waals surface area contributed by atoms with Crippen molar-refractivity contribution in [1.29, 1.82) is 0 Å². The Morgan fingerprint density at radius 1 is 1.24 bits per heavy atom. The number of carbonyl (C=O) groups is 1. The molecule has 0 unspecified atom stereocenters. The minimum atomic E-state index is -0.590. The molecular formula is C21H25N3O5. The van der Waals surface area contributed by atoms with E-state index in [1.54, 1.807) is 31.3 Å². The number of aromatic nitrogens is 1. The zero-order chi connectivity index (χ0) is 20.8. The van der Waals surface area contributed by atoms with Crippen LogP contribution in [0.2, 0.25) is 0 Å². The van der Waals surface area contributed by atoms with E-state index in [1.165, 1.54) is 30.2 Å². The molecule has 1 aromatic carbocycles. The van der Waals surface area contributed by atoms with E-state index < -0.39 is 10.8 Å². The molecule has 154 valence electrons. The third-order valence-electron chi connectivity index (χ3n) is 4.96. The topological polar surface area (TPSA) is 96.0 Å². The van der Waals surface area contributed by atoms with Gasteiger partial charge in [-0.1, -0.05) is 25.3 Å². The van der Waals surface area contributed by atoms with Gasteiger partial charge in [0.05, 0.1) is 30.7 Å². The summed E-state index contributed by atoms with van der Waals surface area (Å²) in [6.45, 7) is 2.12. The normalized spacial score (nSPS) is 15.2. The van der Waals surface area contributed by atoms with Crippen molar-refractivity contribution in [2.45, 2.75) is 45.1 Å². The third-order valence-corrected chi connectivity index (χ3v) is 4.96. The van der Waals surface area contributed by atoms with Crippen LogP contribution in [-0.4, -0.2) is 35.2 Å². The van der Waals surface area contributed by atoms with Crippen molar-refractivity contribution in [1.82, 2.24) is 4.57 Å². The van der Waals surface area contributed by atoms with Crippen LogP contribution in [0, 0.1) is 10.1 Å². The zero-order valence-electron chi connectivity index (χ0n) is 16.7. The molecule has 1 heterocycles. The van der Waals surface area contributed by atoms with Gasteiger partial charge in [-0.2, -0.15) is 0 Å². The summed E-state index contributed by atoms with van der Waals surface area (Å²) < 4.78 is 12.1. The van der Waals surface area contributed by atoms with Crippen LogP contribution in [0.3, 0.4) is 0 Å². The van der Waals surface area contributed by atoms with Gasteiger partial charge >= 0.3 is 0 Å². The molecule has 0 amide bonds. The molecule has 1 aromatic heterocycles. The molecule has 0 aliphatic heterocycles. The SMILES string of the molecule is CCOc1cc(C(=O)n2ccccc2=NC2CCCCC2)c([N+](=O)[O-])cc1OC. The number of methoxy groups -OCH3 is 1. The number of nitro groups is 1. The zero-order valence-corrected chi connectivity index (χ0v) is 16.7. The fraction of sp³-hybridized carbons (Fsp3) is 0.429. The molecule has 0 spiro atoms. The summed E-state index contributed by atoms with van der Waals surface area (Å²) in [5, 5.41) is 11.6. The molecule has 0 saturated heterocycles. The van der Waals surface area contributed by atoms with Gasteiger partial charge in [0, 0.05) is 12.3 Å². The smallest absolute Gasteiger partial charge is 0.286 e. The molecule has 8 heteroatoms. The van der Waals surface area contributed by atoms with Gasteiger partial charge in [0.25, 0.3) is 11.6 Å². The van der Waals surface area contributed by atoms with Crippen molar-refractivity contribution in [2.24, 2.45) is 4.99 Å². The van der Waals surface area contributed by atoms with Gasteiger partial charge in [0.1, 0.15) is 11.1 Å². The van der Waals surface area contributed by atoms with Crippen molar-refractivity contribution in [3.05, 3.63) is 57.7 Å². The maximum Gasteiger partial charge on any atom is 0.286 e. The Hall–Kier alpha value is -3.16. The first-order valence-electron chi connectivity index (χ1n) is 9.80. The van der Waals surface area contributed by atoms with Crippen LogP contribution in [0.25, 0.3) is 0 Å². The molecule has 3 rings (SSSR count). The second-order valence-electron chi connectivity index (χ2n) is 6.87. The van der Waals surface area contributed by atoms with E-state index in [0.29, 0.717) is 12.1 Å². The molecule has 2 aromatic rings. The standard InChI is InChI=1S/C21H25N3O5/c1-3-29-19-13-16(17(24(26)27)14-18(19)28-2)21(25)23-12-8-7-11-20(23)22-15-9-5-4-6-10-15/h7-8,11-15H,3-6,9-10H2,1-2H3. The molecular weight excluding hydrogens is 374 g/mol. The van der Waals surface area contributed by atoms with E-state index in [1.807, 2.05) is 0 Å². The van der Waals surface area contributed by atoms with E-state index in [0.717, 1.165) is 25.7 Å². The summed E-state index contributed by atoms with van der Waals surface area (Å²) in [5.74, 6) is -0.0398. The molecule has 0 bridgehead atoms. The van der Waals surface area contributed by atoms with E-state index >= 15 is 0 Å². The van der Waals surface area contributed by atoms with Crippen LogP contribution in [-0.2, 0) is 0 Å². The second kappa shape index (κ2) is 9.36. The molecule has 1 saturated carbocycles. The van der Waals surface area contributed by atoms with Gasteiger partial charge in [-0.15, -0.1) is 0 Å². The average molecular weight is 399 g/mol. The molecule has 1 aliphatic carbocycles. The largest absolute Gasteiger partial charge is 0.493 e. The molecule has 1 fully saturated rings. The first kappa shape index (κ1) is 20.6. The summed E-state index contributed by atoms with van der Waals surface area (Å²) in [6.07, 6.45) is 7.00. The Balaban J connectivity index is 2.10. The predicted octanol–water partition coefficient (Wildman–Crippen LogP) is 3.73. The lowest BCUT2D eigenvalue weighted by Crippen LogP contribution is -2.29. The molecule has 29 heavy (non-hydrogen) atoms. The maximum atomic E-state index is 13.3. The Labute approximate surface area is 168 Å². The first-order chi connectivity index (χ1) is 14.0. The Bertz CT molecular complexity index is 961. The highest BCUT2D eigenvalue weighted by Gasteiger charge is 2.26. The Kier molecular flexibility index (Phi) is 6.64. The van der Waals surface area contributed by atoms with Crippen LogP contribution in [0.5, 0.6) is 11.5 Å². The number of hydrogen-bond acceptors (Lipinski definition) is 6. The molecule has 0 radical (unpaired) electrons. The number of benzene rings is 1. The van der Waals surface area contributed by atoms with Gasteiger partial charge in [-0.25, -0.2) is 0 Å². The summed E-state index contributed by atoms with van der Waals surface area (Å²) in [7, 11) is 1.40. The first-order valence-corrected chi connectivity index (χ1v) is 9.80. The van der Waals surface area contributed by atoms with Gasteiger partial charge in [-0.3, -0.25) is 24.5 Å². The summed E-state index contributed by atoms with van der Waals surface area (Å²) in [4.78, 5) is 29.1. The van der Waals surface area contributed by atoms with Crippen LogP contribution >= 0.6 is 0 Å². The van der Waals surface area contributed by atoms with E-state index in [-0.39, 0.29) is 28.8 Å². The monoisotopic (exact) mass is 399 g/mol. The number of ether oxygens (including phenoxy) is 2.